The number of carbonyl (C=O) groups excluding carboxylic acids is 1. The van der Waals surface area contributed by atoms with Crippen LogP contribution in [0.5, 0.6) is 0 Å². The van der Waals surface area contributed by atoms with Crippen LogP contribution in [0.4, 0.5) is 0 Å². The predicted molar refractivity (Wildman–Crippen MR) is 67.6 cm³/mol. The lowest BCUT2D eigenvalue weighted by Crippen LogP contribution is -2.43. The zero-order chi connectivity index (χ0) is 12.1. The highest BCUT2D eigenvalue weighted by molar-refractivity contribution is 5.82. The van der Waals surface area contributed by atoms with Crippen LogP contribution in [-0.2, 0) is 4.79 Å². The van der Waals surface area contributed by atoms with Gasteiger partial charge >= 0.3 is 0 Å². The van der Waals surface area contributed by atoms with Crippen molar-refractivity contribution in [2.45, 2.75) is 39.7 Å². The summed E-state index contributed by atoms with van der Waals surface area (Å²) in [7, 11) is 2.18. The number of Topliss-reactive ketones (excluding diaryl/α,β-unsaturated/α-hetero) is 1. The second kappa shape index (κ2) is 6.36. The third-order valence-corrected chi connectivity index (χ3v) is 3.50. The van der Waals surface area contributed by atoms with Crippen molar-refractivity contribution in [1.29, 1.82) is 0 Å². The Hall–Kier alpha value is -0.410. The first-order valence-electron chi connectivity index (χ1n) is 6.49. The molecule has 0 spiro atoms. The minimum absolute atomic E-state index is 0.165. The Kier molecular flexibility index (Phi) is 5.42. The van der Waals surface area contributed by atoms with E-state index in [-0.39, 0.29) is 5.92 Å². The van der Waals surface area contributed by atoms with Gasteiger partial charge < -0.3 is 4.90 Å². The highest BCUT2D eigenvalue weighted by Gasteiger charge is 2.24. The maximum Gasteiger partial charge on any atom is 0.149 e. The van der Waals surface area contributed by atoms with Crippen molar-refractivity contribution >= 4 is 5.78 Å². The van der Waals surface area contributed by atoms with Crippen molar-refractivity contribution < 1.29 is 4.79 Å². The van der Waals surface area contributed by atoms with Gasteiger partial charge in [-0.05, 0) is 26.4 Å². The molecule has 94 valence electrons. The molecule has 0 radical (unpaired) electrons. The van der Waals surface area contributed by atoms with E-state index in [2.05, 4.69) is 23.8 Å². The van der Waals surface area contributed by atoms with E-state index < -0.39 is 0 Å². The molecule has 3 nitrogen and oxygen atoms in total. The first-order chi connectivity index (χ1) is 7.54. The molecule has 16 heavy (non-hydrogen) atoms. The van der Waals surface area contributed by atoms with Crippen LogP contribution in [0.25, 0.3) is 0 Å². The zero-order valence-corrected chi connectivity index (χ0v) is 11.2. The van der Waals surface area contributed by atoms with Gasteiger partial charge in [0.2, 0.25) is 0 Å². The molecule has 1 heterocycles. The van der Waals surface area contributed by atoms with Gasteiger partial charge in [-0.2, -0.15) is 0 Å². The average molecular weight is 226 g/mol. The second-order valence-corrected chi connectivity index (χ2v) is 5.27. The molecule has 1 saturated heterocycles. The Bertz CT molecular complexity index is 228. The molecule has 3 heteroatoms. The second-order valence-electron chi connectivity index (χ2n) is 5.27. The molecule has 0 bridgehead atoms. The van der Waals surface area contributed by atoms with Crippen LogP contribution < -0.4 is 0 Å². The molecule has 1 aliphatic rings. The quantitative estimate of drug-likeness (QED) is 0.728. The summed E-state index contributed by atoms with van der Waals surface area (Å²) in [6.07, 6.45) is 2.31. The van der Waals surface area contributed by atoms with Crippen molar-refractivity contribution in [2.24, 2.45) is 5.92 Å². The van der Waals surface area contributed by atoms with Crippen LogP contribution in [0.3, 0.4) is 0 Å². The molecule has 0 saturated carbocycles. The lowest BCUT2D eigenvalue weighted by molar-refractivity contribution is -0.123. The highest BCUT2D eigenvalue weighted by atomic mass is 16.1. The number of likely N-dealkylation sites (N-methyl/N-ethyl adjacent to an activating group) is 1. The third-order valence-electron chi connectivity index (χ3n) is 3.50. The molecule has 1 rings (SSSR count). The van der Waals surface area contributed by atoms with E-state index in [9.17, 15) is 4.79 Å². The average Bonchev–Trinajstić information content (AvgIpc) is 2.40. The summed E-state index contributed by atoms with van der Waals surface area (Å²) in [5, 5.41) is 0. The van der Waals surface area contributed by atoms with Gasteiger partial charge in [0.1, 0.15) is 5.78 Å². The molecule has 1 atom stereocenters. The highest BCUT2D eigenvalue weighted by Crippen LogP contribution is 2.12. The lowest BCUT2D eigenvalue weighted by atomic mass is 10.1. The number of carbonyl (C=O) groups is 1. The minimum atomic E-state index is 0.165. The van der Waals surface area contributed by atoms with Crippen molar-refractivity contribution in [3.05, 3.63) is 0 Å². The topological polar surface area (TPSA) is 23.6 Å². The molecule has 0 aromatic heterocycles. The molecule has 0 N–H and O–H groups in total. The number of nitrogens with zero attached hydrogens (tertiary/aromatic N) is 2. The van der Waals surface area contributed by atoms with E-state index in [0.717, 1.165) is 26.1 Å². The number of hydrogen-bond acceptors (Lipinski definition) is 3. The standard InChI is InChI=1S/C13H26N2O/c1-5-12-9-14(4)7-6-8-15(12)10-13(16)11(2)3/h11-12H,5-10H2,1-4H3. The fourth-order valence-electron chi connectivity index (χ4n) is 2.27. The monoisotopic (exact) mass is 226 g/mol. The van der Waals surface area contributed by atoms with Crippen molar-refractivity contribution in [3.8, 4) is 0 Å². The van der Waals surface area contributed by atoms with Gasteiger partial charge in [-0.3, -0.25) is 9.69 Å². The van der Waals surface area contributed by atoms with Gasteiger partial charge in [0, 0.05) is 25.0 Å². The number of hydrogen-bond donors (Lipinski definition) is 0. The van der Waals surface area contributed by atoms with Crippen molar-refractivity contribution in [3.63, 3.8) is 0 Å². The molecular weight excluding hydrogens is 200 g/mol. The summed E-state index contributed by atoms with van der Waals surface area (Å²) in [5.74, 6) is 0.543. The van der Waals surface area contributed by atoms with Crippen molar-refractivity contribution in [1.82, 2.24) is 9.80 Å². The van der Waals surface area contributed by atoms with Gasteiger partial charge in [-0.1, -0.05) is 20.8 Å². The van der Waals surface area contributed by atoms with Gasteiger partial charge in [0.05, 0.1) is 6.54 Å². The Labute approximate surface area is 99.8 Å². The summed E-state index contributed by atoms with van der Waals surface area (Å²) in [6, 6.07) is 0.551. The molecule has 0 aliphatic carbocycles. The number of ketones is 1. The van der Waals surface area contributed by atoms with E-state index in [1.165, 1.54) is 6.42 Å². The van der Waals surface area contributed by atoms with Crippen LogP contribution in [0.1, 0.15) is 33.6 Å². The zero-order valence-electron chi connectivity index (χ0n) is 11.2. The first kappa shape index (κ1) is 13.7. The van der Waals surface area contributed by atoms with Gasteiger partial charge in [-0.25, -0.2) is 0 Å². The molecule has 1 aliphatic heterocycles. The fraction of sp³-hybridized carbons (Fsp3) is 0.923. The van der Waals surface area contributed by atoms with E-state index >= 15 is 0 Å². The molecule has 1 unspecified atom stereocenters. The Morgan fingerprint density at radius 1 is 1.38 bits per heavy atom. The summed E-state index contributed by atoms with van der Waals surface area (Å²) in [5.41, 5.74) is 0. The maximum atomic E-state index is 11.8. The SMILES string of the molecule is CCC1CN(C)CCCN1CC(=O)C(C)C. The summed E-state index contributed by atoms with van der Waals surface area (Å²) >= 11 is 0. The Morgan fingerprint density at radius 2 is 2.06 bits per heavy atom. The molecule has 0 amide bonds. The van der Waals surface area contributed by atoms with Crippen LogP contribution in [0, 0.1) is 5.92 Å². The largest absolute Gasteiger partial charge is 0.305 e. The Balaban J connectivity index is 2.57. The van der Waals surface area contributed by atoms with Crippen LogP contribution in [-0.4, -0.2) is 54.9 Å². The van der Waals surface area contributed by atoms with Crippen molar-refractivity contribution in [2.75, 3.05) is 33.2 Å². The van der Waals surface area contributed by atoms with Crippen LogP contribution >= 0.6 is 0 Å². The summed E-state index contributed by atoms with van der Waals surface area (Å²) < 4.78 is 0. The van der Waals surface area contributed by atoms with E-state index in [0.29, 0.717) is 18.4 Å². The first-order valence-corrected chi connectivity index (χ1v) is 6.49. The number of rotatable bonds is 4. The summed E-state index contributed by atoms with van der Waals surface area (Å²) in [4.78, 5) is 16.6. The van der Waals surface area contributed by atoms with Crippen LogP contribution in [0.2, 0.25) is 0 Å². The molecule has 0 aromatic carbocycles. The molecule has 1 fully saturated rings. The lowest BCUT2D eigenvalue weighted by Gasteiger charge is -2.29. The van der Waals surface area contributed by atoms with Crippen LogP contribution in [0.15, 0.2) is 0 Å². The third kappa shape index (κ3) is 3.87. The van der Waals surface area contributed by atoms with E-state index in [1.54, 1.807) is 0 Å². The predicted octanol–water partition coefficient (Wildman–Crippen LogP) is 1.63. The smallest absolute Gasteiger partial charge is 0.149 e. The van der Waals surface area contributed by atoms with E-state index in [1.807, 2.05) is 13.8 Å². The van der Waals surface area contributed by atoms with Gasteiger partial charge in [0.25, 0.3) is 0 Å². The van der Waals surface area contributed by atoms with E-state index in [4.69, 9.17) is 0 Å². The Morgan fingerprint density at radius 3 is 2.62 bits per heavy atom. The minimum Gasteiger partial charge on any atom is -0.305 e. The maximum absolute atomic E-state index is 11.8. The molecule has 0 aromatic rings. The molecular formula is C13H26N2O. The summed E-state index contributed by atoms with van der Waals surface area (Å²) in [6.45, 7) is 10.2. The van der Waals surface area contributed by atoms with Gasteiger partial charge in [-0.15, -0.1) is 0 Å². The fourth-order valence-corrected chi connectivity index (χ4v) is 2.27. The van der Waals surface area contributed by atoms with Gasteiger partial charge in [0.15, 0.2) is 0 Å². The normalized spacial score (nSPS) is 24.7.